The van der Waals surface area contributed by atoms with E-state index in [1.165, 1.54) is 35.0 Å². The molecule has 5 rings (SSSR count). The van der Waals surface area contributed by atoms with Crippen LogP contribution in [0.4, 0.5) is 25.2 Å². The first-order valence-corrected chi connectivity index (χ1v) is 15.5. The number of amides is 1. The summed E-state index contributed by atoms with van der Waals surface area (Å²) in [5.41, 5.74) is -0.196. The molecule has 1 amide bonds. The van der Waals surface area contributed by atoms with E-state index in [1.54, 1.807) is 26.0 Å². The van der Waals surface area contributed by atoms with Crippen LogP contribution in [-0.2, 0) is 15.8 Å². The zero-order valence-electron chi connectivity index (χ0n) is 24.1. The van der Waals surface area contributed by atoms with Crippen LogP contribution in [0.5, 0.6) is 0 Å². The Bertz CT molecular complexity index is 2000. The van der Waals surface area contributed by atoms with Crippen LogP contribution in [0.15, 0.2) is 53.5 Å². The number of hydrogen-bond acceptors (Lipinski definition) is 9. The van der Waals surface area contributed by atoms with Crippen LogP contribution in [0.1, 0.15) is 37.4 Å². The number of nitriles is 1. The smallest absolute Gasteiger partial charge is 0.407 e. The highest BCUT2D eigenvalue weighted by Gasteiger charge is 2.30. The number of aromatic nitrogens is 4. The SMILES string of the molecule is CC(C)n1c(=O)c(-c2ccc(NS(=O)(=O)Cc3ccccc3C#N)c(F)c2)nc2cnc(N[C@H]3C[C@H](F)CN(C(=O)O)C3)nc21. The third-order valence-electron chi connectivity index (χ3n) is 7.14. The highest BCUT2D eigenvalue weighted by atomic mass is 32.2. The van der Waals surface area contributed by atoms with Crippen molar-refractivity contribution in [1.82, 2.24) is 24.4 Å². The Kier molecular flexibility index (Phi) is 8.64. The molecule has 16 heteroatoms. The fraction of sp³-hybridized carbons (Fsp3) is 0.310. The second-order valence-corrected chi connectivity index (χ2v) is 12.5. The first-order valence-electron chi connectivity index (χ1n) is 13.8. The number of benzene rings is 2. The predicted molar refractivity (Wildman–Crippen MR) is 161 cm³/mol. The molecule has 1 saturated heterocycles. The molecule has 2 atom stereocenters. The van der Waals surface area contributed by atoms with Crippen LogP contribution in [0.25, 0.3) is 22.4 Å². The maximum atomic E-state index is 15.2. The fourth-order valence-electron chi connectivity index (χ4n) is 5.13. The lowest BCUT2D eigenvalue weighted by Gasteiger charge is -2.33. The molecule has 3 N–H and O–H groups in total. The summed E-state index contributed by atoms with van der Waals surface area (Å²) in [5.74, 6) is -1.45. The van der Waals surface area contributed by atoms with Crippen molar-refractivity contribution >= 4 is 38.9 Å². The number of anilines is 2. The number of sulfonamides is 1. The Hall–Kier alpha value is -5.17. The highest BCUT2D eigenvalue weighted by molar-refractivity contribution is 7.91. The molecule has 0 aliphatic carbocycles. The Morgan fingerprint density at radius 3 is 2.64 bits per heavy atom. The maximum Gasteiger partial charge on any atom is 0.407 e. The van der Waals surface area contributed by atoms with E-state index in [0.29, 0.717) is 0 Å². The fourth-order valence-corrected chi connectivity index (χ4v) is 6.36. The van der Waals surface area contributed by atoms with Gasteiger partial charge < -0.3 is 15.3 Å². The molecule has 0 unspecified atom stereocenters. The van der Waals surface area contributed by atoms with Crippen LogP contribution >= 0.6 is 0 Å². The minimum Gasteiger partial charge on any atom is -0.465 e. The number of likely N-dealkylation sites (tertiary alicyclic amines) is 1. The molecule has 0 bridgehead atoms. The number of piperidine rings is 1. The van der Waals surface area contributed by atoms with E-state index in [-0.39, 0.29) is 64.7 Å². The quantitative estimate of drug-likeness (QED) is 0.256. The normalized spacial score (nSPS) is 16.8. The summed E-state index contributed by atoms with van der Waals surface area (Å²) in [5, 5.41) is 21.5. The number of nitrogens with one attached hydrogen (secondary N) is 2. The molecule has 1 aliphatic heterocycles. The van der Waals surface area contributed by atoms with Crippen molar-refractivity contribution in [2.45, 2.75) is 44.3 Å². The van der Waals surface area contributed by atoms with Gasteiger partial charge in [-0.3, -0.25) is 14.1 Å². The molecule has 0 radical (unpaired) electrons. The molecule has 4 aromatic rings. The Morgan fingerprint density at radius 1 is 1.20 bits per heavy atom. The number of rotatable bonds is 8. The molecule has 0 saturated carbocycles. The minimum absolute atomic E-state index is 0.0240. The number of carboxylic acid groups (broad SMARTS) is 1. The number of alkyl halides is 1. The summed E-state index contributed by atoms with van der Waals surface area (Å²) >= 11 is 0. The topological polar surface area (TPSA) is 183 Å². The van der Waals surface area contributed by atoms with Crippen molar-refractivity contribution in [2.24, 2.45) is 0 Å². The molecular formula is C29H28F2N8O5S. The van der Waals surface area contributed by atoms with Crippen molar-refractivity contribution in [3.05, 3.63) is 76.0 Å². The summed E-state index contributed by atoms with van der Waals surface area (Å²) in [6.07, 6.45) is -1.22. The van der Waals surface area contributed by atoms with E-state index in [4.69, 9.17) is 0 Å². The predicted octanol–water partition coefficient (Wildman–Crippen LogP) is 3.89. The van der Waals surface area contributed by atoms with Gasteiger partial charge in [0.25, 0.3) is 5.56 Å². The van der Waals surface area contributed by atoms with Gasteiger partial charge in [0.15, 0.2) is 5.65 Å². The van der Waals surface area contributed by atoms with Gasteiger partial charge in [0, 0.05) is 30.6 Å². The number of carbonyl (C=O) groups is 1. The molecule has 13 nitrogen and oxygen atoms in total. The molecule has 2 aromatic heterocycles. The van der Waals surface area contributed by atoms with E-state index in [0.717, 1.165) is 11.0 Å². The molecular weight excluding hydrogens is 610 g/mol. The summed E-state index contributed by atoms with van der Waals surface area (Å²) < 4.78 is 58.4. The van der Waals surface area contributed by atoms with E-state index in [2.05, 4.69) is 25.0 Å². The van der Waals surface area contributed by atoms with Crippen molar-refractivity contribution in [3.8, 4) is 17.3 Å². The second-order valence-electron chi connectivity index (χ2n) is 10.8. The van der Waals surface area contributed by atoms with Gasteiger partial charge in [-0.15, -0.1) is 0 Å². The average molecular weight is 639 g/mol. The van der Waals surface area contributed by atoms with Crippen molar-refractivity contribution in [3.63, 3.8) is 0 Å². The number of nitrogens with zero attached hydrogens (tertiary/aromatic N) is 6. The third kappa shape index (κ3) is 6.83. The monoisotopic (exact) mass is 638 g/mol. The van der Waals surface area contributed by atoms with Crippen LogP contribution in [0, 0.1) is 17.1 Å². The van der Waals surface area contributed by atoms with Crippen LogP contribution in [0.2, 0.25) is 0 Å². The zero-order chi connectivity index (χ0) is 32.5. The number of fused-ring (bicyclic) bond motifs is 1. The summed E-state index contributed by atoms with van der Waals surface area (Å²) in [6, 6.07) is 10.6. The largest absolute Gasteiger partial charge is 0.465 e. The lowest BCUT2D eigenvalue weighted by molar-refractivity contribution is 0.102. The summed E-state index contributed by atoms with van der Waals surface area (Å²) in [7, 11) is -4.10. The van der Waals surface area contributed by atoms with E-state index >= 15 is 4.39 Å². The molecule has 1 fully saturated rings. The molecule has 1 aliphatic rings. The zero-order valence-corrected chi connectivity index (χ0v) is 24.9. The molecule has 45 heavy (non-hydrogen) atoms. The number of hydrogen-bond donors (Lipinski definition) is 3. The van der Waals surface area contributed by atoms with Gasteiger partial charge in [0.2, 0.25) is 16.0 Å². The third-order valence-corrected chi connectivity index (χ3v) is 8.36. The highest BCUT2D eigenvalue weighted by Crippen LogP contribution is 2.26. The molecule has 2 aromatic carbocycles. The van der Waals surface area contributed by atoms with E-state index < -0.39 is 51.5 Å². The van der Waals surface area contributed by atoms with Crippen LogP contribution < -0.4 is 15.6 Å². The lowest BCUT2D eigenvalue weighted by Crippen LogP contribution is -2.49. The summed E-state index contributed by atoms with van der Waals surface area (Å²) in [6.45, 7) is 3.27. The molecule has 3 heterocycles. The van der Waals surface area contributed by atoms with E-state index in [1.807, 2.05) is 6.07 Å². The van der Waals surface area contributed by atoms with Crippen LogP contribution in [0.3, 0.4) is 0 Å². The lowest BCUT2D eigenvalue weighted by atomic mass is 10.0. The summed E-state index contributed by atoms with van der Waals surface area (Å²) in [4.78, 5) is 39.0. The van der Waals surface area contributed by atoms with E-state index in [9.17, 15) is 32.8 Å². The average Bonchev–Trinajstić information content (AvgIpc) is 2.97. The molecule has 234 valence electrons. The Morgan fingerprint density at radius 2 is 1.96 bits per heavy atom. The Balaban J connectivity index is 1.43. The first-order chi connectivity index (χ1) is 21.3. The van der Waals surface area contributed by atoms with Gasteiger partial charge >= 0.3 is 6.09 Å². The first kappa shape index (κ1) is 31.3. The number of halogens is 2. The van der Waals surface area contributed by atoms with Gasteiger partial charge in [0.05, 0.1) is 35.8 Å². The Labute approximate surface area is 256 Å². The molecule has 0 spiro atoms. The second kappa shape index (κ2) is 12.4. The van der Waals surface area contributed by atoms with Crippen molar-refractivity contribution in [2.75, 3.05) is 23.1 Å². The minimum atomic E-state index is -4.10. The van der Waals surface area contributed by atoms with Crippen molar-refractivity contribution in [1.29, 1.82) is 5.26 Å². The maximum absolute atomic E-state index is 15.2. The van der Waals surface area contributed by atoms with Gasteiger partial charge in [-0.25, -0.2) is 32.0 Å². The van der Waals surface area contributed by atoms with Gasteiger partial charge in [-0.1, -0.05) is 24.3 Å². The standard InChI is InChI=1S/C29H28F2N8O5S/c1-16(2)39-26-24(12-33-28(36-26)34-21-10-20(30)13-38(14-21)29(41)42)35-25(27(39)40)17-7-8-23(22(31)9-17)37-45(43,44)15-19-6-4-3-5-18(19)11-32/h3-9,12,16,20-21,37H,10,13-15H2,1-2H3,(H,41,42)(H,33,34,36)/t20-,21-/m0/s1. The van der Waals surface area contributed by atoms with Gasteiger partial charge in [-0.05, 0) is 37.6 Å². The van der Waals surface area contributed by atoms with Gasteiger partial charge in [0.1, 0.15) is 23.2 Å². The van der Waals surface area contributed by atoms with Crippen molar-refractivity contribution < 1.29 is 27.1 Å². The van der Waals surface area contributed by atoms with Crippen LogP contribution in [-0.4, -0.2) is 69.3 Å². The van der Waals surface area contributed by atoms with Gasteiger partial charge in [-0.2, -0.15) is 10.2 Å².